The van der Waals surface area contributed by atoms with E-state index >= 15 is 0 Å². The Morgan fingerprint density at radius 3 is 1.55 bits per heavy atom. The molecular formula is C5H9BF3KO. The van der Waals surface area contributed by atoms with Gasteiger partial charge in [0.25, 0.3) is 0 Å². The maximum absolute atomic E-state index is 11.6. The van der Waals surface area contributed by atoms with Crippen molar-refractivity contribution in [2.24, 2.45) is 5.41 Å². The van der Waals surface area contributed by atoms with Crippen molar-refractivity contribution < 1.29 is 69.5 Å². The van der Waals surface area contributed by atoms with Crippen LogP contribution in [0.4, 0.5) is 8.63 Å². The van der Waals surface area contributed by atoms with Gasteiger partial charge in [-0.2, -0.15) is 0 Å². The summed E-state index contributed by atoms with van der Waals surface area (Å²) in [4.78, 5) is 10.4. The second kappa shape index (κ2) is 6.65. The first-order valence-corrected chi connectivity index (χ1v) is 2.68. The van der Waals surface area contributed by atoms with Gasteiger partial charge in [0.05, 0.1) is 0 Å². The molecule has 0 unspecified atom stereocenters. The Balaban J connectivity index is -0.000000320. The normalized spacial score (nSPS) is 9.18. The standard InChI is InChI=1S/C5H9BF2O.FH.K/c1-5(2,3)4(9)6(7)8;;/h1-3H3;1H;/q;;+1/p-1. The molecule has 0 heterocycles. The largest absolute Gasteiger partial charge is 1.00 e. The summed E-state index contributed by atoms with van der Waals surface area (Å²) < 4.78 is 23.1. The molecule has 0 aromatic carbocycles. The second-order valence-corrected chi connectivity index (χ2v) is 2.91. The van der Waals surface area contributed by atoms with Crippen molar-refractivity contribution in [3.8, 4) is 0 Å². The van der Waals surface area contributed by atoms with Crippen molar-refractivity contribution in [1.82, 2.24) is 0 Å². The van der Waals surface area contributed by atoms with Gasteiger partial charge >= 0.3 is 58.7 Å². The average molecular weight is 192 g/mol. The minimum Gasteiger partial charge on any atom is -1.00 e. The second-order valence-electron chi connectivity index (χ2n) is 2.91. The Kier molecular flexibility index (Phi) is 10.9. The number of halogens is 3. The van der Waals surface area contributed by atoms with Crippen LogP contribution in [0.25, 0.3) is 0 Å². The molecule has 0 fully saturated rings. The molecule has 0 aromatic rings. The molecule has 0 rings (SSSR count). The van der Waals surface area contributed by atoms with Crippen molar-refractivity contribution >= 4 is 12.9 Å². The molecule has 0 saturated heterocycles. The predicted molar refractivity (Wildman–Crippen MR) is 32.4 cm³/mol. The zero-order chi connectivity index (χ0) is 7.65. The van der Waals surface area contributed by atoms with Crippen molar-refractivity contribution in [3.63, 3.8) is 0 Å². The Hall–Kier alpha value is 1.16. The molecule has 0 spiro atoms. The van der Waals surface area contributed by atoms with Gasteiger partial charge in [0, 0.05) is 5.41 Å². The third-order valence-electron chi connectivity index (χ3n) is 0.937. The van der Waals surface area contributed by atoms with E-state index in [1.165, 1.54) is 20.8 Å². The molecule has 0 atom stereocenters. The van der Waals surface area contributed by atoms with E-state index < -0.39 is 18.4 Å². The van der Waals surface area contributed by atoms with Crippen LogP contribution in [-0.4, -0.2) is 12.9 Å². The smallest absolute Gasteiger partial charge is 1.00 e. The van der Waals surface area contributed by atoms with Crippen LogP contribution in [0.5, 0.6) is 0 Å². The van der Waals surface area contributed by atoms with Crippen LogP contribution in [0.3, 0.4) is 0 Å². The maximum atomic E-state index is 11.6. The molecule has 0 saturated carbocycles. The van der Waals surface area contributed by atoms with E-state index in [9.17, 15) is 13.4 Å². The topological polar surface area (TPSA) is 17.1 Å². The number of rotatable bonds is 1. The summed E-state index contributed by atoms with van der Waals surface area (Å²) in [7, 11) is -2.83. The fourth-order valence-corrected chi connectivity index (χ4v) is 0.327. The molecule has 60 valence electrons. The van der Waals surface area contributed by atoms with Gasteiger partial charge < -0.3 is 9.50 Å². The molecule has 0 aliphatic carbocycles. The first-order valence-electron chi connectivity index (χ1n) is 2.68. The van der Waals surface area contributed by atoms with Gasteiger partial charge in [-0.05, 0) is 0 Å². The Morgan fingerprint density at radius 1 is 1.27 bits per heavy atom. The molecule has 6 heteroatoms. The van der Waals surface area contributed by atoms with Crippen LogP contribution < -0.4 is 56.1 Å². The predicted octanol–water partition coefficient (Wildman–Crippen LogP) is -4.42. The fraction of sp³-hybridized carbons (Fsp3) is 0.800. The fourth-order valence-electron chi connectivity index (χ4n) is 0.327. The van der Waals surface area contributed by atoms with Gasteiger partial charge in [-0.25, -0.2) is 0 Å². The average Bonchev–Trinajstić information content (AvgIpc) is 1.62. The van der Waals surface area contributed by atoms with Crippen LogP contribution in [0.1, 0.15) is 20.8 Å². The van der Waals surface area contributed by atoms with Gasteiger partial charge in [0.2, 0.25) is 0 Å². The van der Waals surface area contributed by atoms with E-state index in [4.69, 9.17) is 0 Å². The first kappa shape index (κ1) is 18.1. The van der Waals surface area contributed by atoms with Crippen molar-refractivity contribution in [2.75, 3.05) is 0 Å². The van der Waals surface area contributed by atoms with Crippen LogP contribution in [0, 0.1) is 5.41 Å². The molecular weight excluding hydrogens is 183 g/mol. The van der Waals surface area contributed by atoms with Gasteiger partial charge in [0.15, 0.2) is 5.68 Å². The van der Waals surface area contributed by atoms with Gasteiger partial charge in [-0.3, -0.25) is 8.63 Å². The minimum absolute atomic E-state index is 0. The zero-order valence-electron chi connectivity index (χ0n) is 7.12. The molecule has 0 aromatic heterocycles. The SMILES string of the molecule is CC(C)(C)C(=O)B(F)F.[F-].[K+]. The summed E-state index contributed by atoms with van der Waals surface area (Å²) in [6.45, 7) is 4.42. The number of hydrogen-bond donors (Lipinski definition) is 0. The van der Waals surface area contributed by atoms with Crippen LogP contribution in [0.2, 0.25) is 0 Å². The molecule has 0 bridgehead atoms. The summed E-state index contributed by atoms with van der Waals surface area (Å²) in [6.07, 6.45) is 0. The quantitative estimate of drug-likeness (QED) is 0.383. The monoisotopic (exact) mass is 192 g/mol. The van der Waals surface area contributed by atoms with E-state index in [1.807, 2.05) is 0 Å². The van der Waals surface area contributed by atoms with E-state index in [0.29, 0.717) is 0 Å². The first-order chi connectivity index (χ1) is 3.85. The number of carbonyl (C=O) groups excluding carboxylic acids is 1. The molecule has 0 amide bonds. The molecule has 0 radical (unpaired) electrons. The van der Waals surface area contributed by atoms with Crippen LogP contribution >= 0.6 is 0 Å². The Labute approximate surface area is 107 Å². The van der Waals surface area contributed by atoms with Gasteiger partial charge in [-0.1, -0.05) is 20.8 Å². The molecule has 0 N–H and O–H groups in total. The zero-order valence-corrected chi connectivity index (χ0v) is 10.2. The van der Waals surface area contributed by atoms with Gasteiger partial charge in [0.1, 0.15) is 0 Å². The number of hydrogen-bond acceptors (Lipinski definition) is 1. The third-order valence-corrected chi connectivity index (χ3v) is 0.937. The maximum Gasteiger partial charge on any atom is 1.00 e. The summed E-state index contributed by atoms with van der Waals surface area (Å²) in [5, 5.41) is 0. The van der Waals surface area contributed by atoms with E-state index in [1.54, 1.807) is 0 Å². The van der Waals surface area contributed by atoms with Crippen LogP contribution in [0.15, 0.2) is 0 Å². The summed E-state index contributed by atoms with van der Waals surface area (Å²) in [5.41, 5.74) is -1.91. The van der Waals surface area contributed by atoms with E-state index in [-0.39, 0.29) is 56.1 Å². The van der Waals surface area contributed by atoms with E-state index in [0.717, 1.165) is 0 Å². The number of carbonyl (C=O) groups is 1. The minimum atomic E-state index is -2.83. The Bertz CT molecular complexity index is 123. The van der Waals surface area contributed by atoms with E-state index in [2.05, 4.69) is 0 Å². The van der Waals surface area contributed by atoms with Crippen molar-refractivity contribution in [1.29, 1.82) is 0 Å². The molecule has 0 aliphatic rings. The molecule has 0 aliphatic heterocycles. The molecule has 11 heavy (non-hydrogen) atoms. The third kappa shape index (κ3) is 7.52. The summed E-state index contributed by atoms with van der Waals surface area (Å²) >= 11 is 0. The summed E-state index contributed by atoms with van der Waals surface area (Å²) in [6, 6.07) is 0. The Morgan fingerprint density at radius 2 is 1.55 bits per heavy atom. The molecule has 1 nitrogen and oxygen atoms in total. The van der Waals surface area contributed by atoms with Gasteiger partial charge in [-0.15, -0.1) is 0 Å². The van der Waals surface area contributed by atoms with Crippen molar-refractivity contribution in [2.45, 2.75) is 20.8 Å². The van der Waals surface area contributed by atoms with Crippen LogP contribution in [-0.2, 0) is 4.79 Å². The summed E-state index contributed by atoms with van der Waals surface area (Å²) in [5.74, 6) is 0. The van der Waals surface area contributed by atoms with Crippen molar-refractivity contribution in [3.05, 3.63) is 0 Å².